The van der Waals surface area contributed by atoms with Crippen LogP contribution in [-0.2, 0) is 34.7 Å². The Balaban J connectivity index is 2.06. The molecule has 1 fully saturated rings. The summed E-state index contributed by atoms with van der Waals surface area (Å²) in [7, 11) is -4.63. The molecule has 1 aromatic rings. The van der Waals surface area contributed by atoms with Crippen LogP contribution < -0.4 is 0 Å². The maximum absolute atomic E-state index is 12.8. The standard InChI is InChI=1S/C15H16ClF3O6S/c1-9(14(20)24-8-10-3-2-6-23-10)25-26(21,22)11-4-5-13(16)12(7-11)15(17,18)19/h4-5,7,9-10H,2-3,6,8H2,1H3/t9-,10?/m0/s1. The second-order valence-electron chi connectivity index (χ2n) is 5.60. The molecule has 11 heteroatoms. The average Bonchev–Trinajstić information content (AvgIpc) is 3.04. The van der Waals surface area contributed by atoms with E-state index in [1.165, 1.54) is 0 Å². The molecule has 0 amide bonds. The maximum Gasteiger partial charge on any atom is 0.417 e. The summed E-state index contributed by atoms with van der Waals surface area (Å²) in [6.45, 7) is 1.63. The molecule has 0 N–H and O–H groups in total. The first-order valence-corrected chi connectivity index (χ1v) is 9.37. The fourth-order valence-corrected chi connectivity index (χ4v) is 3.52. The number of halogens is 4. The Morgan fingerprint density at radius 1 is 1.42 bits per heavy atom. The molecule has 1 heterocycles. The topological polar surface area (TPSA) is 78.9 Å². The number of benzene rings is 1. The molecule has 0 saturated carbocycles. The molecule has 1 aromatic carbocycles. The number of esters is 1. The lowest BCUT2D eigenvalue weighted by atomic mass is 10.2. The number of hydrogen-bond donors (Lipinski definition) is 0. The Hall–Kier alpha value is -1.36. The van der Waals surface area contributed by atoms with Crippen molar-refractivity contribution in [1.82, 2.24) is 0 Å². The highest BCUT2D eigenvalue weighted by Crippen LogP contribution is 2.36. The summed E-state index contributed by atoms with van der Waals surface area (Å²) >= 11 is 5.45. The van der Waals surface area contributed by atoms with Crippen molar-refractivity contribution < 1.29 is 40.0 Å². The van der Waals surface area contributed by atoms with Gasteiger partial charge in [-0.1, -0.05) is 11.6 Å². The number of ether oxygens (including phenoxy) is 2. The summed E-state index contributed by atoms with van der Waals surface area (Å²) < 4.78 is 77.6. The molecule has 146 valence electrons. The molecule has 26 heavy (non-hydrogen) atoms. The lowest BCUT2D eigenvalue weighted by Crippen LogP contribution is -2.29. The van der Waals surface area contributed by atoms with Gasteiger partial charge in [-0.2, -0.15) is 21.6 Å². The Bertz CT molecular complexity index is 759. The van der Waals surface area contributed by atoms with Gasteiger partial charge in [-0.25, -0.2) is 4.79 Å². The molecule has 1 aliphatic rings. The highest BCUT2D eigenvalue weighted by atomic mass is 35.5. The van der Waals surface area contributed by atoms with Crippen LogP contribution in [0.1, 0.15) is 25.3 Å². The molecule has 0 radical (unpaired) electrons. The second kappa shape index (κ2) is 8.12. The monoisotopic (exact) mass is 416 g/mol. The van der Waals surface area contributed by atoms with E-state index < -0.39 is 43.8 Å². The van der Waals surface area contributed by atoms with E-state index in [-0.39, 0.29) is 12.7 Å². The Labute approximate surface area is 153 Å². The number of carbonyl (C=O) groups excluding carboxylic acids is 1. The third-order valence-corrected chi connectivity index (χ3v) is 5.27. The highest BCUT2D eigenvalue weighted by Gasteiger charge is 2.35. The third kappa shape index (κ3) is 5.32. The van der Waals surface area contributed by atoms with Crippen molar-refractivity contribution in [3.8, 4) is 0 Å². The molecule has 1 saturated heterocycles. The lowest BCUT2D eigenvalue weighted by molar-refractivity contribution is -0.154. The molecular formula is C15H16ClF3O6S. The number of alkyl halides is 3. The minimum absolute atomic E-state index is 0.0499. The van der Waals surface area contributed by atoms with E-state index in [0.717, 1.165) is 25.5 Å². The van der Waals surface area contributed by atoms with Crippen molar-refractivity contribution in [2.75, 3.05) is 13.2 Å². The summed E-state index contributed by atoms with van der Waals surface area (Å²) in [5.74, 6) is -0.964. The molecule has 2 rings (SSSR count). The quantitative estimate of drug-likeness (QED) is 0.523. The van der Waals surface area contributed by atoms with Gasteiger partial charge in [-0.05, 0) is 38.0 Å². The predicted molar refractivity (Wildman–Crippen MR) is 84.1 cm³/mol. The van der Waals surface area contributed by atoms with Gasteiger partial charge in [0.25, 0.3) is 10.1 Å². The molecule has 1 unspecified atom stereocenters. The zero-order valence-corrected chi connectivity index (χ0v) is 15.2. The molecule has 1 aliphatic heterocycles. The van der Waals surface area contributed by atoms with E-state index in [2.05, 4.69) is 4.18 Å². The summed E-state index contributed by atoms with van der Waals surface area (Å²) in [6.07, 6.45) is -5.08. The van der Waals surface area contributed by atoms with Gasteiger partial charge in [0.15, 0.2) is 6.10 Å². The molecule has 0 spiro atoms. The lowest BCUT2D eigenvalue weighted by Gasteiger charge is -2.15. The van der Waals surface area contributed by atoms with E-state index in [0.29, 0.717) is 19.1 Å². The van der Waals surface area contributed by atoms with Crippen LogP contribution in [0.4, 0.5) is 13.2 Å². The van der Waals surface area contributed by atoms with E-state index in [1.54, 1.807) is 0 Å². The van der Waals surface area contributed by atoms with Crippen LogP contribution in [0.15, 0.2) is 23.1 Å². The number of rotatable bonds is 6. The van der Waals surface area contributed by atoms with Gasteiger partial charge < -0.3 is 9.47 Å². The van der Waals surface area contributed by atoms with Crippen molar-refractivity contribution in [2.45, 2.75) is 43.0 Å². The van der Waals surface area contributed by atoms with Crippen LogP contribution >= 0.6 is 11.6 Å². The number of hydrogen-bond acceptors (Lipinski definition) is 6. The first-order chi connectivity index (χ1) is 12.0. The van der Waals surface area contributed by atoms with Gasteiger partial charge in [0.1, 0.15) is 6.61 Å². The molecule has 2 atom stereocenters. The zero-order chi connectivity index (χ0) is 19.5. The van der Waals surface area contributed by atoms with Gasteiger partial charge in [-0.15, -0.1) is 0 Å². The maximum atomic E-state index is 12.8. The number of carbonyl (C=O) groups is 1. The largest absolute Gasteiger partial charge is 0.461 e. The zero-order valence-electron chi connectivity index (χ0n) is 13.6. The molecule has 0 bridgehead atoms. The van der Waals surface area contributed by atoms with E-state index in [9.17, 15) is 26.4 Å². The second-order valence-corrected chi connectivity index (χ2v) is 7.58. The van der Waals surface area contributed by atoms with Crippen molar-refractivity contribution in [3.63, 3.8) is 0 Å². The minimum Gasteiger partial charge on any atom is -0.461 e. The Morgan fingerprint density at radius 3 is 2.69 bits per heavy atom. The third-order valence-electron chi connectivity index (χ3n) is 3.57. The summed E-state index contributed by atoms with van der Waals surface area (Å²) in [5.41, 5.74) is -1.32. The van der Waals surface area contributed by atoms with Gasteiger partial charge >= 0.3 is 12.1 Å². The van der Waals surface area contributed by atoms with E-state index in [4.69, 9.17) is 21.1 Å². The summed E-state index contributed by atoms with van der Waals surface area (Å²) in [5, 5.41) is -0.652. The Morgan fingerprint density at radius 2 is 2.12 bits per heavy atom. The predicted octanol–water partition coefficient (Wildman–Crippen LogP) is 3.17. The highest BCUT2D eigenvalue weighted by molar-refractivity contribution is 7.86. The molecule has 0 aliphatic carbocycles. The average molecular weight is 417 g/mol. The van der Waals surface area contributed by atoms with Crippen LogP contribution in [0.5, 0.6) is 0 Å². The van der Waals surface area contributed by atoms with Gasteiger partial charge in [0.2, 0.25) is 0 Å². The van der Waals surface area contributed by atoms with Crippen LogP contribution in [0.25, 0.3) is 0 Å². The normalized spacial score (nSPS) is 19.3. The van der Waals surface area contributed by atoms with Gasteiger partial charge in [-0.3, -0.25) is 4.18 Å². The SMILES string of the molecule is C[C@H](OS(=O)(=O)c1ccc(Cl)c(C(F)(F)F)c1)C(=O)OCC1CCCO1. The fraction of sp³-hybridized carbons (Fsp3) is 0.533. The molecule has 6 nitrogen and oxygen atoms in total. The van der Waals surface area contributed by atoms with Crippen molar-refractivity contribution in [3.05, 3.63) is 28.8 Å². The first kappa shape index (κ1) is 20.9. The fourth-order valence-electron chi connectivity index (χ4n) is 2.23. The van der Waals surface area contributed by atoms with Crippen molar-refractivity contribution in [1.29, 1.82) is 0 Å². The Kier molecular flexibility index (Phi) is 6.54. The smallest absolute Gasteiger partial charge is 0.417 e. The van der Waals surface area contributed by atoms with Crippen molar-refractivity contribution >= 4 is 27.7 Å². The first-order valence-electron chi connectivity index (χ1n) is 7.59. The van der Waals surface area contributed by atoms with Gasteiger partial charge in [0.05, 0.1) is 21.6 Å². The van der Waals surface area contributed by atoms with Crippen LogP contribution in [-0.4, -0.2) is 39.8 Å². The van der Waals surface area contributed by atoms with Crippen LogP contribution in [0.3, 0.4) is 0 Å². The van der Waals surface area contributed by atoms with E-state index >= 15 is 0 Å². The van der Waals surface area contributed by atoms with E-state index in [1.807, 2.05) is 0 Å². The summed E-state index contributed by atoms with van der Waals surface area (Å²) in [6, 6.07) is 2.00. The molecule has 0 aromatic heterocycles. The van der Waals surface area contributed by atoms with Crippen LogP contribution in [0, 0.1) is 0 Å². The van der Waals surface area contributed by atoms with Gasteiger partial charge in [0, 0.05) is 6.61 Å². The van der Waals surface area contributed by atoms with Crippen molar-refractivity contribution in [2.24, 2.45) is 0 Å². The van der Waals surface area contributed by atoms with Crippen LogP contribution in [0.2, 0.25) is 5.02 Å². The molecular weight excluding hydrogens is 401 g/mol. The minimum atomic E-state index is -4.84. The summed E-state index contributed by atoms with van der Waals surface area (Å²) in [4.78, 5) is 11.1.